The Morgan fingerprint density at radius 2 is 1.76 bits per heavy atom. The Labute approximate surface area is 126 Å². The first-order valence-electron chi connectivity index (χ1n) is 7.20. The molecular weight excluding hydrogens is 270 g/mol. The summed E-state index contributed by atoms with van der Waals surface area (Å²) in [5.41, 5.74) is 0. The highest BCUT2D eigenvalue weighted by Crippen LogP contribution is 2.10. The zero-order chi connectivity index (χ0) is 16.0. The fraction of sp³-hybridized carbons (Fsp3) is 0.786. The van der Waals surface area contributed by atoms with E-state index in [4.69, 9.17) is 5.26 Å². The molecule has 1 atom stereocenters. The van der Waals surface area contributed by atoms with Gasteiger partial charge in [0, 0.05) is 53.9 Å². The largest absolute Gasteiger partial charge is 0.343 e. The summed E-state index contributed by atoms with van der Waals surface area (Å²) in [5.74, 6) is 0.0256. The van der Waals surface area contributed by atoms with Gasteiger partial charge in [0.25, 0.3) is 0 Å². The molecule has 1 saturated heterocycles. The van der Waals surface area contributed by atoms with Crippen LogP contribution >= 0.6 is 0 Å². The molecule has 0 bridgehead atoms. The Morgan fingerprint density at radius 1 is 1.19 bits per heavy atom. The molecule has 3 amide bonds. The van der Waals surface area contributed by atoms with E-state index >= 15 is 0 Å². The van der Waals surface area contributed by atoms with Gasteiger partial charge in [0.1, 0.15) is 0 Å². The van der Waals surface area contributed by atoms with E-state index in [1.54, 1.807) is 35.8 Å². The minimum absolute atomic E-state index is 0.0137. The predicted octanol–water partition coefficient (Wildman–Crippen LogP) is 0.0462. The van der Waals surface area contributed by atoms with Gasteiger partial charge in [-0.2, -0.15) is 5.26 Å². The van der Waals surface area contributed by atoms with E-state index < -0.39 is 0 Å². The third-order valence-electron chi connectivity index (χ3n) is 3.81. The molecule has 0 aromatic rings. The van der Waals surface area contributed by atoms with Crippen LogP contribution in [0.3, 0.4) is 0 Å². The summed E-state index contributed by atoms with van der Waals surface area (Å²) < 4.78 is 0. The fourth-order valence-corrected chi connectivity index (χ4v) is 2.39. The Morgan fingerprint density at radius 3 is 2.24 bits per heavy atom. The molecule has 0 N–H and O–H groups in total. The van der Waals surface area contributed by atoms with Gasteiger partial charge in [-0.25, -0.2) is 4.79 Å². The van der Waals surface area contributed by atoms with Crippen LogP contribution in [0, 0.1) is 11.3 Å². The molecule has 0 aromatic heterocycles. The number of amides is 3. The first-order chi connectivity index (χ1) is 9.88. The molecule has 21 heavy (non-hydrogen) atoms. The van der Waals surface area contributed by atoms with Crippen LogP contribution in [0.1, 0.15) is 13.3 Å². The highest BCUT2D eigenvalue weighted by atomic mass is 16.2. The topological polar surface area (TPSA) is 70.9 Å². The minimum atomic E-state index is -0.217. The standard InChI is InChI=1S/C14H25N5O2/c1-12(13(20)17(4)7-5-6-15)18-8-10-19(11-9-18)14(21)16(2)3/h12H,5,7-11H2,1-4H3. The first kappa shape index (κ1) is 17.2. The molecule has 7 heteroatoms. The van der Waals surface area contributed by atoms with Crippen molar-refractivity contribution in [2.75, 3.05) is 53.9 Å². The van der Waals surface area contributed by atoms with Gasteiger partial charge in [0.15, 0.2) is 0 Å². The highest BCUT2D eigenvalue weighted by molar-refractivity contribution is 5.81. The van der Waals surface area contributed by atoms with Crippen molar-refractivity contribution in [3.8, 4) is 6.07 Å². The van der Waals surface area contributed by atoms with E-state index in [1.807, 2.05) is 13.0 Å². The van der Waals surface area contributed by atoms with Crippen LogP contribution in [-0.2, 0) is 4.79 Å². The second-order valence-corrected chi connectivity index (χ2v) is 5.54. The van der Waals surface area contributed by atoms with Gasteiger partial charge in [0.05, 0.1) is 18.5 Å². The number of piperazine rings is 1. The van der Waals surface area contributed by atoms with Gasteiger partial charge in [0.2, 0.25) is 5.91 Å². The third kappa shape index (κ3) is 4.60. The number of hydrogen-bond donors (Lipinski definition) is 0. The predicted molar refractivity (Wildman–Crippen MR) is 79.6 cm³/mol. The number of likely N-dealkylation sites (N-methyl/N-ethyl adjacent to an activating group) is 1. The van der Waals surface area contributed by atoms with Crippen molar-refractivity contribution < 1.29 is 9.59 Å². The van der Waals surface area contributed by atoms with Crippen LogP contribution in [0.2, 0.25) is 0 Å². The number of nitrogens with zero attached hydrogens (tertiary/aromatic N) is 5. The quantitative estimate of drug-likeness (QED) is 0.734. The van der Waals surface area contributed by atoms with Crippen molar-refractivity contribution in [1.29, 1.82) is 5.26 Å². The summed E-state index contributed by atoms with van der Waals surface area (Å²) >= 11 is 0. The van der Waals surface area contributed by atoms with E-state index in [-0.39, 0.29) is 18.0 Å². The van der Waals surface area contributed by atoms with E-state index in [9.17, 15) is 9.59 Å². The summed E-state index contributed by atoms with van der Waals surface area (Å²) in [7, 11) is 5.21. The van der Waals surface area contributed by atoms with Gasteiger partial charge >= 0.3 is 6.03 Å². The summed E-state index contributed by atoms with van der Waals surface area (Å²) in [6.45, 7) is 5.00. The maximum atomic E-state index is 12.3. The Balaban J connectivity index is 2.48. The molecule has 7 nitrogen and oxygen atoms in total. The van der Waals surface area contributed by atoms with E-state index in [0.717, 1.165) is 0 Å². The molecule has 1 fully saturated rings. The van der Waals surface area contributed by atoms with Gasteiger partial charge in [-0.1, -0.05) is 0 Å². The normalized spacial score (nSPS) is 17.0. The molecule has 118 valence electrons. The SMILES string of the molecule is CC(C(=O)N(C)CCC#N)N1CCN(C(=O)N(C)C)CC1. The molecule has 0 saturated carbocycles. The number of urea groups is 1. The summed E-state index contributed by atoms with van der Waals surface area (Å²) in [4.78, 5) is 31.2. The van der Waals surface area contributed by atoms with E-state index in [2.05, 4.69) is 4.90 Å². The van der Waals surface area contributed by atoms with Crippen molar-refractivity contribution in [2.45, 2.75) is 19.4 Å². The first-order valence-corrected chi connectivity index (χ1v) is 7.20. The number of rotatable bonds is 4. The molecule has 0 aromatic carbocycles. The molecule has 1 aliphatic heterocycles. The lowest BCUT2D eigenvalue weighted by Crippen LogP contribution is -2.56. The number of nitriles is 1. The summed E-state index contributed by atoms with van der Waals surface area (Å²) in [6, 6.07) is 1.84. The monoisotopic (exact) mass is 295 g/mol. The third-order valence-corrected chi connectivity index (χ3v) is 3.81. The summed E-state index contributed by atoms with van der Waals surface area (Å²) in [6.07, 6.45) is 0.347. The highest BCUT2D eigenvalue weighted by Gasteiger charge is 2.29. The van der Waals surface area contributed by atoms with Gasteiger partial charge < -0.3 is 14.7 Å². The number of carbonyl (C=O) groups excluding carboxylic acids is 2. The van der Waals surface area contributed by atoms with Crippen LogP contribution in [0.5, 0.6) is 0 Å². The molecule has 1 heterocycles. The van der Waals surface area contributed by atoms with Crippen molar-refractivity contribution >= 4 is 11.9 Å². The van der Waals surface area contributed by atoms with Crippen LogP contribution in [-0.4, -0.2) is 91.4 Å². The molecule has 1 unspecified atom stereocenters. The number of hydrogen-bond acceptors (Lipinski definition) is 4. The van der Waals surface area contributed by atoms with E-state index in [1.165, 1.54) is 0 Å². The molecular formula is C14H25N5O2. The van der Waals surface area contributed by atoms with Gasteiger partial charge in [-0.05, 0) is 6.92 Å². The summed E-state index contributed by atoms with van der Waals surface area (Å²) in [5, 5.41) is 8.57. The molecule has 1 rings (SSSR count). The fourth-order valence-electron chi connectivity index (χ4n) is 2.39. The van der Waals surface area contributed by atoms with Crippen LogP contribution in [0.25, 0.3) is 0 Å². The smallest absolute Gasteiger partial charge is 0.319 e. The van der Waals surface area contributed by atoms with Crippen molar-refractivity contribution in [1.82, 2.24) is 19.6 Å². The lowest BCUT2D eigenvalue weighted by atomic mass is 10.2. The second-order valence-electron chi connectivity index (χ2n) is 5.54. The maximum absolute atomic E-state index is 12.3. The maximum Gasteiger partial charge on any atom is 0.319 e. The zero-order valence-electron chi connectivity index (χ0n) is 13.4. The Kier molecular flexibility index (Phi) is 6.43. The average Bonchev–Trinajstić information content (AvgIpc) is 2.50. The van der Waals surface area contributed by atoms with Crippen molar-refractivity contribution in [3.63, 3.8) is 0 Å². The van der Waals surface area contributed by atoms with Gasteiger partial charge in [-0.15, -0.1) is 0 Å². The molecule has 0 spiro atoms. The van der Waals surface area contributed by atoms with Crippen LogP contribution < -0.4 is 0 Å². The molecule has 0 aliphatic carbocycles. The second kappa shape index (κ2) is 7.84. The lowest BCUT2D eigenvalue weighted by molar-refractivity contribution is -0.135. The Bertz CT molecular complexity index is 410. The van der Waals surface area contributed by atoms with Crippen molar-refractivity contribution in [3.05, 3.63) is 0 Å². The minimum Gasteiger partial charge on any atom is -0.343 e. The van der Waals surface area contributed by atoms with Crippen molar-refractivity contribution in [2.24, 2.45) is 0 Å². The number of carbonyl (C=O) groups is 2. The Hall–Kier alpha value is -1.81. The average molecular weight is 295 g/mol. The van der Waals surface area contributed by atoms with Crippen LogP contribution in [0.4, 0.5) is 4.79 Å². The molecule has 1 aliphatic rings. The van der Waals surface area contributed by atoms with E-state index in [0.29, 0.717) is 39.1 Å². The lowest BCUT2D eigenvalue weighted by Gasteiger charge is -2.39. The van der Waals surface area contributed by atoms with Gasteiger partial charge in [-0.3, -0.25) is 9.69 Å². The van der Waals surface area contributed by atoms with Crippen LogP contribution in [0.15, 0.2) is 0 Å². The molecule has 0 radical (unpaired) electrons. The zero-order valence-corrected chi connectivity index (χ0v) is 13.4.